The highest BCUT2D eigenvalue weighted by Gasteiger charge is 2.04. The van der Waals surface area contributed by atoms with Crippen molar-refractivity contribution in [2.24, 2.45) is 0 Å². The molecule has 0 aliphatic heterocycles. The average molecular weight is 213 g/mol. The topological polar surface area (TPSA) is 23.5 Å². The zero-order valence-corrected chi connectivity index (χ0v) is 9.51. The molecule has 2 nitrogen and oxygen atoms in total. The van der Waals surface area contributed by atoms with E-state index in [-0.39, 0.29) is 0 Å². The summed E-state index contributed by atoms with van der Waals surface area (Å²) in [6, 6.07) is 15.5. The Bertz CT molecular complexity index is 414. The van der Waals surface area contributed by atoms with Crippen LogP contribution in [-0.4, -0.2) is 5.21 Å². The van der Waals surface area contributed by atoms with Gasteiger partial charge in [-0.3, -0.25) is 5.21 Å². The molecule has 0 aromatic heterocycles. The van der Waals surface area contributed by atoms with Gasteiger partial charge in [0.25, 0.3) is 0 Å². The molecule has 0 radical (unpaired) electrons. The maximum atomic E-state index is 10.0. The van der Waals surface area contributed by atoms with Gasteiger partial charge in [0.05, 0.1) is 11.4 Å². The van der Waals surface area contributed by atoms with Crippen LogP contribution in [0.1, 0.15) is 11.1 Å². The van der Waals surface area contributed by atoms with Crippen LogP contribution in [0.3, 0.4) is 0 Å². The minimum absolute atomic E-state index is 0.773. The van der Waals surface area contributed by atoms with E-state index in [2.05, 4.69) is 0 Å². The molecule has 0 bridgehead atoms. The van der Waals surface area contributed by atoms with Crippen molar-refractivity contribution >= 4 is 11.4 Å². The Labute approximate surface area is 95.7 Å². The molecule has 0 saturated heterocycles. The van der Waals surface area contributed by atoms with Crippen molar-refractivity contribution in [1.29, 1.82) is 0 Å². The van der Waals surface area contributed by atoms with Gasteiger partial charge in [0, 0.05) is 0 Å². The zero-order valence-electron chi connectivity index (χ0n) is 9.51. The van der Waals surface area contributed by atoms with Gasteiger partial charge >= 0.3 is 0 Å². The molecule has 0 fully saturated rings. The number of hydrogen-bond donors (Lipinski definition) is 1. The van der Waals surface area contributed by atoms with Gasteiger partial charge in [0.2, 0.25) is 0 Å². The Morgan fingerprint density at radius 1 is 0.688 bits per heavy atom. The van der Waals surface area contributed by atoms with E-state index in [1.165, 1.54) is 16.2 Å². The molecule has 0 heterocycles. The Morgan fingerprint density at radius 3 is 1.31 bits per heavy atom. The SMILES string of the molecule is Cc1ccc(N(O)c2ccc(C)cc2)cc1. The molecule has 0 aliphatic carbocycles. The van der Waals surface area contributed by atoms with Crippen LogP contribution in [-0.2, 0) is 0 Å². The molecular weight excluding hydrogens is 198 g/mol. The van der Waals surface area contributed by atoms with E-state index in [0.29, 0.717) is 0 Å². The highest BCUT2D eigenvalue weighted by Crippen LogP contribution is 2.23. The minimum Gasteiger partial charge on any atom is -0.284 e. The fourth-order valence-corrected chi connectivity index (χ4v) is 1.52. The average Bonchev–Trinajstić information content (AvgIpc) is 2.30. The molecule has 0 saturated carbocycles. The summed E-state index contributed by atoms with van der Waals surface area (Å²) in [6.07, 6.45) is 0. The van der Waals surface area contributed by atoms with Crippen molar-refractivity contribution in [1.82, 2.24) is 0 Å². The smallest absolute Gasteiger partial charge is 0.0693 e. The third kappa shape index (κ3) is 2.23. The molecule has 0 amide bonds. The van der Waals surface area contributed by atoms with Crippen molar-refractivity contribution in [3.05, 3.63) is 59.7 Å². The number of nitrogens with zero attached hydrogens (tertiary/aromatic N) is 1. The van der Waals surface area contributed by atoms with Crippen LogP contribution in [0.5, 0.6) is 0 Å². The van der Waals surface area contributed by atoms with Crippen LogP contribution < -0.4 is 5.06 Å². The normalized spacial score (nSPS) is 10.2. The molecule has 0 atom stereocenters. The first kappa shape index (κ1) is 10.7. The number of rotatable bonds is 2. The van der Waals surface area contributed by atoms with Crippen LogP contribution in [0.15, 0.2) is 48.5 Å². The second kappa shape index (κ2) is 4.37. The van der Waals surface area contributed by atoms with Gasteiger partial charge in [0.1, 0.15) is 0 Å². The van der Waals surface area contributed by atoms with Gasteiger partial charge in [-0.05, 0) is 38.1 Å². The van der Waals surface area contributed by atoms with E-state index in [9.17, 15) is 5.21 Å². The summed E-state index contributed by atoms with van der Waals surface area (Å²) < 4.78 is 0. The first-order chi connectivity index (χ1) is 7.66. The summed E-state index contributed by atoms with van der Waals surface area (Å²) in [5.41, 5.74) is 3.91. The molecule has 82 valence electrons. The van der Waals surface area contributed by atoms with E-state index in [4.69, 9.17) is 0 Å². The molecule has 2 rings (SSSR count). The van der Waals surface area contributed by atoms with Crippen molar-refractivity contribution in [2.45, 2.75) is 13.8 Å². The third-order valence-electron chi connectivity index (χ3n) is 2.56. The zero-order chi connectivity index (χ0) is 11.5. The molecule has 2 aromatic carbocycles. The van der Waals surface area contributed by atoms with Crippen molar-refractivity contribution in [2.75, 3.05) is 5.06 Å². The van der Waals surface area contributed by atoms with E-state index in [1.807, 2.05) is 62.4 Å². The van der Waals surface area contributed by atoms with Gasteiger partial charge in [-0.15, -0.1) is 0 Å². The van der Waals surface area contributed by atoms with Crippen LogP contribution in [0.25, 0.3) is 0 Å². The molecule has 0 unspecified atom stereocenters. The molecule has 1 N–H and O–H groups in total. The van der Waals surface area contributed by atoms with Crippen LogP contribution in [0.4, 0.5) is 11.4 Å². The Hall–Kier alpha value is -1.80. The summed E-state index contributed by atoms with van der Waals surface area (Å²) in [5.74, 6) is 0. The largest absolute Gasteiger partial charge is 0.284 e. The Balaban J connectivity index is 2.28. The van der Waals surface area contributed by atoms with E-state index in [1.54, 1.807) is 0 Å². The first-order valence-corrected chi connectivity index (χ1v) is 5.29. The number of hydrogen-bond acceptors (Lipinski definition) is 2. The molecule has 2 heteroatoms. The highest BCUT2D eigenvalue weighted by atomic mass is 16.5. The Morgan fingerprint density at radius 2 is 1.00 bits per heavy atom. The quantitative estimate of drug-likeness (QED) is 0.766. The number of benzene rings is 2. The van der Waals surface area contributed by atoms with Gasteiger partial charge in [0.15, 0.2) is 0 Å². The molecular formula is C14H15NO. The van der Waals surface area contributed by atoms with Gasteiger partial charge < -0.3 is 0 Å². The van der Waals surface area contributed by atoms with Crippen LogP contribution >= 0.6 is 0 Å². The lowest BCUT2D eigenvalue weighted by atomic mass is 10.2. The molecule has 0 aliphatic rings. The van der Waals surface area contributed by atoms with Crippen molar-refractivity contribution < 1.29 is 5.21 Å². The van der Waals surface area contributed by atoms with E-state index < -0.39 is 0 Å². The number of anilines is 2. The lowest BCUT2D eigenvalue weighted by Crippen LogP contribution is -2.10. The lowest BCUT2D eigenvalue weighted by molar-refractivity contribution is 0.301. The summed E-state index contributed by atoms with van der Waals surface area (Å²) in [5, 5.41) is 11.2. The maximum Gasteiger partial charge on any atom is 0.0693 e. The molecule has 2 aromatic rings. The number of aryl methyl sites for hydroxylation is 2. The Kier molecular flexibility index (Phi) is 2.93. The summed E-state index contributed by atoms with van der Waals surface area (Å²) >= 11 is 0. The van der Waals surface area contributed by atoms with Crippen molar-refractivity contribution in [3.63, 3.8) is 0 Å². The van der Waals surface area contributed by atoms with E-state index in [0.717, 1.165) is 11.4 Å². The predicted octanol–water partition coefficient (Wildman–Crippen LogP) is 3.83. The second-order valence-corrected chi connectivity index (χ2v) is 3.98. The summed E-state index contributed by atoms with van der Waals surface area (Å²) in [4.78, 5) is 0. The maximum absolute atomic E-state index is 10.0. The first-order valence-electron chi connectivity index (χ1n) is 5.29. The monoisotopic (exact) mass is 213 g/mol. The van der Waals surface area contributed by atoms with Gasteiger partial charge in [-0.25, -0.2) is 5.06 Å². The second-order valence-electron chi connectivity index (χ2n) is 3.98. The summed E-state index contributed by atoms with van der Waals surface area (Å²) in [6.45, 7) is 4.05. The predicted molar refractivity (Wildman–Crippen MR) is 66.3 cm³/mol. The lowest BCUT2D eigenvalue weighted by Gasteiger charge is -2.17. The van der Waals surface area contributed by atoms with Gasteiger partial charge in [-0.1, -0.05) is 35.4 Å². The fourth-order valence-electron chi connectivity index (χ4n) is 1.52. The molecule has 16 heavy (non-hydrogen) atoms. The highest BCUT2D eigenvalue weighted by molar-refractivity contribution is 5.60. The van der Waals surface area contributed by atoms with E-state index >= 15 is 0 Å². The fraction of sp³-hybridized carbons (Fsp3) is 0.143. The molecule has 0 spiro atoms. The standard InChI is InChI=1S/C14H15NO/c1-11-3-7-13(8-4-11)15(16)14-9-5-12(2)6-10-14/h3-10,16H,1-2H3. The van der Waals surface area contributed by atoms with Crippen LogP contribution in [0.2, 0.25) is 0 Å². The minimum atomic E-state index is 0.773. The summed E-state index contributed by atoms with van der Waals surface area (Å²) in [7, 11) is 0. The third-order valence-corrected chi connectivity index (χ3v) is 2.56. The van der Waals surface area contributed by atoms with Crippen LogP contribution in [0, 0.1) is 13.8 Å². The van der Waals surface area contributed by atoms with Crippen molar-refractivity contribution in [3.8, 4) is 0 Å². The van der Waals surface area contributed by atoms with Gasteiger partial charge in [-0.2, -0.15) is 0 Å².